The first-order chi connectivity index (χ1) is 11.4. The standard InChI is InChI=1S/C18H23NO4S/c1-5-23-17-11-10-15(12-13(17)2)24(20,21)19-14(3)16-8-6-7-9-18(16)22-4/h6-12,14,19H,5H2,1-4H3/t14-/m0/s1. The number of sulfonamides is 1. The summed E-state index contributed by atoms with van der Waals surface area (Å²) in [6.07, 6.45) is 0. The molecule has 1 atom stereocenters. The minimum Gasteiger partial charge on any atom is -0.496 e. The van der Waals surface area contributed by atoms with Crippen LogP contribution in [0.4, 0.5) is 0 Å². The summed E-state index contributed by atoms with van der Waals surface area (Å²) in [5.41, 5.74) is 1.57. The molecule has 2 rings (SSSR count). The molecule has 2 aromatic rings. The molecule has 0 aliphatic heterocycles. The van der Waals surface area contributed by atoms with Crippen molar-refractivity contribution in [2.75, 3.05) is 13.7 Å². The van der Waals surface area contributed by atoms with E-state index in [4.69, 9.17) is 9.47 Å². The van der Waals surface area contributed by atoms with Crippen molar-refractivity contribution in [3.8, 4) is 11.5 Å². The summed E-state index contributed by atoms with van der Waals surface area (Å²) in [4.78, 5) is 0.213. The molecule has 6 heteroatoms. The van der Waals surface area contributed by atoms with E-state index >= 15 is 0 Å². The van der Waals surface area contributed by atoms with Crippen molar-refractivity contribution in [1.29, 1.82) is 0 Å². The van der Waals surface area contributed by atoms with Crippen LogP contribution < -0.4 is 14.2 Å². The Kier molecular flexibility index (Phi) is 5.85. The highest BCUT2D eigenvalue weighted by Gasteiger charge is 2.21. The number of benzene rings is 2. The zero-order valence-electron chi connectivity index (χ0n) is 14.4. The summed E-state index contributed by atoms with van der Waals surface area (Å²) in [7, 11) is -2.08. The van der Waals surface area contributed by atoms with Gasteiger partial charge in [0.05, 0.1) is 18.6 Å². The second-order valence-corrected chi connectivity index (χ2v) is 7.16. The SMILES string of the molecule is CCOc1ccc(S(=O)(=O)N[C@@H](C)c2ccccc2OC)cc1C. The molecule has 0 saturated carbocycles. The summed E-state index contributed by atoms with van der Waals surface area (Å²) in [6, 6.07) is 11.8. The number of para-hydroxylation sites is 1. The third kappa shape index (κ3) is 4.07. The molecule has 0 aromatic heterocycles. The Hall–Kier alpha value is -2.05. The van der Waals surface area contributed by atoms with Gasteiger partial charge < -0.3 is 9.47 Å². The molecule has 0 spiro atoms. The molecule has 5 nitrogen and oxygen atoms in total. The lowest BCUT2D eigenvalue weighted by atomic mass is 10.1. The van der Waals surface area contributed by atoms with Crippen molar-refractivity contribution in [2.45, 2.75) is 31.7 Å². The Labute approximate surface area is 143 Å². The molecule has 0 aliphatic carbocycles. The molecule has 2 aromatic carbocycles. The van der Waals surface area contributed by atoms with Gasteiger partial charge in [0.1, 0.15) is 11.5 Å². The molecule has 0 fully saturated rings. The van der Waals surface area contributed by atoms with Gasteiger partial charge in [-0.05, 0) is 50.6 Å². The zero-order chi connectivity index (χ0) is 17.7. The predicted octanol–water partition coefficient (Wildman–Crippen LogP) is 3.44. The van der Waals surface area contributed by atoms with Crippen LogP contribution in [-0.2, 0) is 10.0 Å². The van der Waals surface area contributed by atoms with Crippen LogP contribution in [-0.4, -0.2) is 22.1 Å². The van der Waals surface area contributed by atoms with Crippen molar-refractivity contribution in [1.82, 2.24) is 4.72 Å². The van der Waals surface area contributed by atoms with E-state index in [1.807, 2.05) is 32.0 Å². The first-order valence-electron chi connectivity index (χ1n) is 7.77. The lowest BCUT2D eigenvalue weighted by molar-refractivity contribution is 0.337. The zero-order valence-corrected chi connectivity index (χ0v) is 15.2. The maximum Gasteiger partial charge on any atom is 0.241 e. The largest absolute Gasteiger partial charge is 0.496 e. The minimum atomic E-state index is -3.65. The molecule has 24 heavy (non-hydrogen) atoms. The van der Waals surface area contributed by atoms with Gasteiger partial charge in [-0.2, -0.15) is 0 Å². The third-order valence-corrected chi connectivity index (χ3v) is 5.23. The molecule has 1 N–H and O–H groups in total. The first kappa shape index (κ1) is 18.3. The minimum absolute atomic E-state index is 0.213. The molecule has 0 heterocycles. The van der Waals surface area contributed by atoms with Gasteiger partial charge in [-0.15, -0.1) is 0 Å². The number of hydrogen-bond donors (Lipinski definition) is 1. The van der Waals surface area contributed by atoms with Crippen molar-refractivity contribution < 1.29 is 17.9 Å². The topological polar surface area (TPSA) is 64.6 Å². The summed E-state index contributed by atoms with van der Waals surface area (Å²) >= 11 is 0. The molecule has 0 bridgehead atoms. The van der Waals surface area contributed by atoms with Gasteiger partial charge in [0.2, 0.25) is 10.0 Å². The highest BCUT2D eigenvalue weighted by atomic mass is 32.2. The number of methoxy groups -OCH3 is 1. The fourth-order valence-corrected chi connectivity index (χ4v) is 3.80. The fourth-order valence-electron chi connectivity index (χ4n) is 2.49. The molecule has 0 amide bonds. The van der Waals surface area contributed by atoms with Crippen LogP contribution in [0.2, 0.25) is 0 Å². The lowest BCUT2D eigenvalue weighted by Gasteiger charge is -2.18. The van der Waals surface area contributed by atoms with Gasteiger partial charge >= 0.3 is 0 Å². The van der Waals surface area contributed by atoms with E-state index in [-0.39, 0.29) is 4.90 Å². The van der Waals surface area contributed by atoms with Gasteiger partial charge in [0.25, 0.3) is 0 Å². The quantitative estimate of drug-likeness (QED) is 0.832. The summed E-state index contributed by atoms with van der Waals surface area (Å²) in [6.45, 7) is 6.04. The Morgan fingerprint density at radius 2 is 1.83 bits per heavy atom. The number of rotatable bonds is 7. The Bertz CT molecular complexity index is 802. The number of ether oxygens (including phenoxy) is 2. The van der Waals surface area contributed by atoms with Crippen LogP contribution in [0.15, 0.2) is 47.4 Å². The first-order valence-corrected chi connectivity index (χ1v) is 9.26. The monoisotopic (exact) mass is 349 g/mol. The van der Waals surface area contributed by atoms with Crippen LogP contribution in [0.25, 0.3) is 0 Å². The van der Waals surface area contributed by atoms with Gasteiger partial charge in [-0.1, -0.05) is 18.2 Å². The fraction of sp³-hybridized carbons (Fsp3) is 0.333. The smallest absolute Gasteiger partial charge is 0.241 e. The van der Waals surface area contributed by atoms with E-state index in [0.29, 0.717) is 18.1 Å². The highest BCUT2D eigenvalue weighted by Crippen LogP contribution is 2.27. The van der Waals surface area contributed by atoms with Crippen LogP contribution in [0, 0.1) is 6.92 Å². The average molecular weight is 349 g/mol. The molecule has 0 radical (unpaired) electrons. The molecule has 0 saturated heterocycles. The van der Waals surface area contributed by atoms with Gasteiger partial charge in [0, 0.05) is 11.6 Å². The summed E-state index contributed by atoms with van der Waals surface area (Å²) < 4.78 is 38.7. The maximum atomic E-state index is 12.6. The lowest BCUT2D eigenvalue weighted by Crippen LogP contribution is -2.27. The van der Waals surface area contributed by atoms with Gasteiger partial charge in [-0.3, -0.25) is 0 Å². The van der Waals surface area contributed by atoms with Crippen LogP contribution >= 0.6 is 0 Å². The average Bonchev–Trinajstić information content (AvgIpc) is 2.56. The van der Waals surface area contributed by atoms with E-state index in [1.165, 1.54) is 0 Å². The van der Waals surface area contributed by atoms with Gasteiger partial charge in [-0.25, -0.2) is 13.1 Å². The van der Waals surface area contributed by atoms with Crippen molar-refractivity contribution in [3.63, 3.8) is 0 Å². The third-order valence-electron chi connectivity index (χ3n) is 3.69. The van der Waals surface area contributed by atoms with Crippen molar-refractivity contribution >= 4 is 10.0 Å². The molecule has 130 valence electrons. The molecular weight excluding hydrogens is 326 g/mol. The second-order valence-electron chi connectivity index (χ2n) is 5.45. The normalized spacial score (nSPS) is 12.7. The molecular formula is C18H23NO4S. The Morgan fingerprint density at radius 3 is 2.46 bits per heavy atom. The maximum absolute atomic E-state index is 12.6. The predicted molar refractivity (Wildman–Crippen MR) is 94.1 cm³/mol. The van der Waals surface area contributed by atoms with E-state index in [9.17, 15) is 8.42 Å². The molecule has 0 aliphatic rings. The van der Waals surface area contributed by atoms with E-state index in [0.717, 1.165) is 11.1 Å². The van der Waals surface area contributed by atoms with Crippen LogP contribution in [0.3, 0.4) is 0 Å². The highest BCUT2D eigenvalue weighted by molar-refractivity contribution is 7.89. The number of aryl methyl sites for hydroxylation is 1. The number of hydrogen-bond acceptors (Lipinski definition) is 4. The molecule has 0 unspecified atom stereocenters. The van der Waals surface area contributed by atoms with Crippen molar-refractivity contribution in [3.05, 3.63) is 53.6 Å². The number of nitrogens with one attached hydrogen (secondary N) is 1. The van der Waals surface area contributed by atoms with E-state index in [1.54, 1.807) is 38.3 Å². The van der Waals surface area contributed by atoms with E-state index in [2.05, 4.69) is 4.72 Å². The van der Waals surface area contributed by atoms with Gasteiger partial charge in [0.15, 0.2) is 0 Å². The Balaban J connectivity index is 2.26. The van der Waals surface area contributed by atoms with Crippen molar-refractivity contribution in [2.24, 2.45) is 0 Å². The second kappa shape index (κ2) is 7.68. The van der Waals surface area contributed by atoms with Crippen LogP contribution in [0.1, 0.15) is 31.0 Å². The summed E-state index contributed by atoms with van der Waals surface area (Å²) in [5, 5.41) is 0. The van der Waals surface area contributed by atoms with E-state index < -0.39 is 16.1 Å². The Morgan fingerprint density at radius 1 is 1.12 bits per heavy atom. The van der Waals surface area contributed by atoms with Crippen LogP contribution in [0.5, 0.6) is 11.5 Å². The summed E-state index contributed by atoms with van der Waals surface area (Å²) in [5.74, 6) is 1.34.